The van der Waals surface area contributed by atoms with Crippen molar-refractivity contribution in [2.75, 3.05) is 10.8 Å². The van der Waals surface area contributed by atoms with E-state index in [1.807, 2.05) is 0 Å². The summed E-state index contributed by atoms with van der Waals surface area (Å²) in [7, 11) is -8.08. The van der Waals surface area contributed by atoms with Gasteiger partial charge in [-0.05, 0) is 59.3 Å². The molecule has 0 saturated carbocycles. The topological polar surface area (TPSA) is 148 Å². The molecule has 10 nitrogen and oxygen atoms in total. The Hall–Kier alpha value is -3.97. The third kappa shape index (κ3) is 6.05. The van der Waals surface area contributed by atoms with E-state index in [1.165, 1.54) is 42.5 Å². The molecule has 0 radical (unpaired) electrons. The number of sulfonamides is 1. The lowest BCUT2D eigenvalue weighted by atomic mass is 10.0. The van der Waals surface area contributed by atoms with Crippen molar-refractivity contribution in [1.82, 2.24) is 10.1 Å². The van der Waals surface area contributed by atoms with Gasteiger partial charge in [0, 0.05) is 15.6 Å². The van der Waals surface area contributed by atoms with Crippen LogP contribution in [0.4, 0.5) is 5.69 Å². The average molecular weight is 633 g/mol. The minimum Gasteiger partial charge on any atom is -0.480 e. The number of carboxylic acids is 1. The van der Waals surface area contributed by atoms with Gasteiger partial charge >= 0.3 is 5.97 Å². The fourth-order valence-corrected chi connectivity index (χ4v) is 7.49. The van der Waals surface area contributed by atoms with Crippen molar-refractivity contribution < 1.29 is 31.3 Å². The first-order valence-electron chi connectivity index (χ1n) is 11.8. The second kappa shape index (κ2) is 11.1. The number of carboxylic acid groups (broad SMARTS) is 1. The van der Waals surface area contributed by atoms with E-state index in [9.17, 15) is 26.7 Å². The number of aliphatic carboxylic acids is 1. The number of fused-ring (bicyclic) bond motifs is 1. The Balaban J connectivity index is 1.51. The van der Waals surface area contributed by atoms with Gasteiger partial charge in [0.1, 0.15) is 12.3 Å². The molecule has 1 N–H and O–H groups in total. The summed E-state index contributed by atoms with van der Waals surface area (Å²) in [4.78, 5) is 15.8. The minimum atomic E-state index is -4.38. The highest BCUT2D eigenvalue weighted by Gasteiger charge is 2.28. The number of rotatable bonds is 9. The Morgan fingerprint density at radius 3 is 2.24 bits per heavy atom. The highest BCUT2D eigenvalue weighted by Crippen LogP contribution is 2.33. The van der Waals surface area contributed by atoms with Gasteiger partial charge in [0.05, 0.1) is 15.5 Å². The lowest BCUT2D eigenvalue weighted by Gasteiger charge is -2.23. The number of carbonyl (C=O) groups is 1. The van der Waals surface area contributed by atoms with Gasteiger partial charge in [0.25, 0.3) is 15.9 Å². The molecule has 41 heavy (non-hydrogen) atoms. The number of anilines is 1. The van der Waals surface area contributed by atoms with Gasteiger partial charge in [0.15, 0.2) is 15.7 Å². The summed E-state index contributed by atoms with van der Waals surface area (Å²) in [5.41, 5.74) is 0.549. The molecule has 1 heterocycles. The van der Waals surface area contributed by atoms with Crippen LogP contribution in [0.3, 0.4) is 0 Å². The van der Waals surface area contributed by atoms with E-state index in [0.717, 1.165) is 4.31 Å². The fourth-order valence-electron chi connectivity index (χ4n) is 4.16. The van der Waals surface area contributed by atoms with Crippen molar-refractivity contribution in [2.24, 2.45) is 0 Å². The smallest absolute Gasteiger partial charge is 0.324 e. The van der Waals surface area contributed by atoms with Crippen LogP contribution in [-0.2, 0) is 30.4 Å². The van der Waals surface area contributed by atoms with Crippen LogP contribution in [0.15, 0.2) is 99.2 Å². The molecule has 0 amide bonds. The molecule has 0 aliphatic carbocycles. The first-order valence-corrected chi connectivity index (χ1v) is 15.6. The molecule has 0 aliphatic heterocycles. The first-order chi connectivity index (χ1) is 19.4. The van der Waals surface area contributed by atoms with Crippen molar-refractivity contribution in [3.05, 3.63) is 101 Å². The molecule has 5 aromatic rings. The predicted molar refractivity (Wildman–Crippen MR) is 153 cm³/mol. The van der Waals surface area contributed by atoms with Crippen molar-refractivity contribution in [2.45, 2.75) is 15.5 Å². The summed E-state index contributed by atoms with van der Waals surface area (Å²) in [6, 6.07) is 21.2. The van der Waals surface area contributed by atoms with Crippen LogP contribution in [0, 0.1) is 0 Å². The van der Waals surface area contributed by atoms with Crippen molar-refractivity contribution >= 4 is 65.5 Å². The average Bonchev–Trinajstić information content (AvgIpc) is 3.38. The summed E-state index contributed by atoms with van der Waals surface area (Å²) < 4.78 is 58.5. The van der Waals surface area contributed by atoms with Crippen LogP contribution in [0.1, 0.15) is 5.82 Å². The summed E-state index contributed by atoms with van der Waals surface area (Å²) >= 11 is 12.0. The SMILES string of the molecule is O=C(O)CN(c1ccc2c(-c3nc(CS(=O)(=O)c4ccccc4)no3)cccc2c1)S(=O)(=O)c1cc(Cl)cc(Cl)c1. The van der Waals surface area contributed by atoms with Gasteiger partial charge < -0.3 is 9.63 Å². The zero-order valence-electron chi connectivity index (χ0n) is 20.8. The van der Waals surface area contributed by atoms with Crippen LogP contribution in [0.5, 0.6) is 0 Å². The van der Waals surface area contributed by atoms with Crippen molar-refractivity contribution in [1.29, 1.82) is 0 Å². The second-order valence-electron chi connectivity index (χ2n) is 8.81. The summed E-state index contributed by atoms with van der Waals surface area (Å²) in [5, 5.41) is 14.6. The van der Waals surface area contributed by atoms with E-state index in [4.69, 9.17) is 27.7 Å². The molecular weight excluding hydrogens is 613 g/mol. The van der Waals surface area contributed by atoms with Gasteiger partial charge in [-0.25, -0.2) is 16.8 Å². The Bertz CT molecular complexity index is 1980. The number of hydrogen-bond donors (Lipinski definition) is 1. The third-order valence-electron chi connectivity index (χ3n) is 5.97. The van der Waals surface area contributed by atoms with Crippen LogP contribution >= 0.6 is 23.2 Å². The molecule has 0 aliphatic rings. The molecule has 0 spiro atoms. The molecule has 210 valence electrons. The van der Waals surface area contributed by atoms with Gasteiger partial charge in [0.2, 0.25) is 0 Å². The number of benzene rings is 4. The van der Waals surface area contributed by atoms with E-state index in [1.54, 1.807) is 42.5 Å². The summed E-state index contributed by atoms with van der Waals surface area (Å²) in [5.74, 6) is -1.81. The fraction of sp³-hybridized carbons (Fsp3) is 0.0741. The molecule has 0 unspecified atom stereocenters. The predicted octanol–water partition coefficient (Wildman–Crippen LogP) is 5.45. The highest BCUT2D eigenvalue weighted by molar-refractivity contribution is 7.93. The van der Waals surface area contributed by atoms with Crippen LogP contribution in [0.25, 0.3) is 22.2 Å². The van der Waals surface area contributed by atoms with Gasteiger partial charge in [-0.3, -0.25) is 9.10 Å². The van der Waals surface area contributed by atoms with E-state index in [-0.39, 0.29) is 37.2 Å². The van der Waals surface area contributed by atoms with Crippen LogP contribution < -0.4 is 4.31 Å². The molecule has 1 aromatic heterocycles. The zero-order valence-corrected chi connectivity index (χ0v) is 24.0. The molecule has 0 atom stereocenters. The van der Waals surface area contributed by atoms with Crippen molar-refractivity contribution in [3.8, 4) is 11.5 Å². The monoisotopic (exact) mass is 631 g/mol. The Labute approximate surface area is 244 Å². The lowest BCUT2D eigenvalue weighted by Crippen LogP contribution is -2.35. The molecule has 14 heteroatoms. The maximum atomic E-state index is 13.5. The number of aromatic nitrogens is 2. The van der Waals surface area contributed by atoms with E-state index < -0.39 is 38.1 Å². The molecule has 0 saturated heterocycles. The molecule has 0 fully saturated rings. The maximum Gasteiger partial charge on any atom is 0.324 e. The number of sulfone groups is 1. The highest BCUT2D eigenvalue weighted by atomic mass is 35.5. The minimum absolute atomic E-state index is 0.0311. The normalized spacial score (nSPS) is 12.0. The Morgan fingerprint density at radius 2 is 1.56 bits per heavy atom. The van der Waals surface area contributed by atoms with E-state index in [0.29, 0.717) is 16.3 Å². The van der Waals surface area contributed by atoms with Crippen LogP contribution in [-0.4, -0.2) is 44.6 Å². The van der Waals surface area contributed by atoms with E-state index >= 15 is 0 Å². The molecular formula is C27H19Cl2N3O7S2. The molecule has 4 aromatic carbocycles. The molecule has 0 bridgehead atoms. The first kappa shape index (κ1) is 28.6. The zero-order chi connectivity index (χ0) is 29.4. The van der Waals surface area contributed by atoms with Crippen LogP contribution in [0.2, 0.25) is 10.0 Å². The summed E-state index contributed by atoms with van der Waals surface area (Å²) in [6.07, 6.45) is 0. The maximum absolute atomic E-state index is 13.5. The van der Waals surface area contributed by atoms with Gasteiger partial charge in [-0.15, -0.1) is 0 Å². The number of hydrogen-bond acceptors (Lipinski definition) is 8. The van der Waals surface area contributed by atoms with Crippen molar-refractivity contribution in [3.63, 3.8) is 0 Å². The number of halogens is 2. The Morgan fingerprint density at radius 1 is 0.854 bits per heavy atom. The van der Waals surface area contributed by atoms with Gasteiger partial charge in [-0.2, -0.15) is 4.98 Å². The Kier molecular flexibility index (Phi) is 7.75. The standard InChI is InChI=1S/C27H19Cl2N3O7S2/c28-18-12-19(29)14-22(13-18)41(37,38)32(15-26(33)34)20-9-10-23-17(11-20)5-4-8-24(23)27-30-25(31-39-27)16-40(35,36)21-6-2-1-3-7-21/h1-14H,15-16H2,(H,33,34). The summed E-state index contributed by atoms with van der Waals surface area (Å²) in [6.45, 7) is -0.861. The van der Waals surface area contributed by atoms with Gasteiger partial charge in [-0.1, -0.05) is 64.8 Å². The third-order valence-corrected chi connectivity index (χ3v) is 9.79. The molecule has 5 rings (SSSR count). The second-order valence-corrected chi connectivity index (χ2v) is 13.5. The van der Waals surface area contributed by atoms with E-state index in [2.05, 4.69) is 10.1 Å². The lowest BCUT2D eigenvalue weighted by molar-refractivity contribution is -0.135. The quantitative estimate of drug-likeness (QED) is 0.224. The largest absolute Gasteiger partial charge is 0.480 e. The number of nitrogens with zero attached hydrogens (tertiary/aromatic N) is 3.